The van der Waals surface area contributed by atoms with Crippen molar-refractivity contribution in [3.05, 3.63) is 16.6 Å². The van der Waals surface area contributed by atoms with Crippen LogP contribution in [0.2, 0.25) is 0 Å². The number of aromatic nitrogens is 2. The largest absolute Gasteiger partial charge is 0.345 e. The van der Waals surface area contributed by atoms with E-state index in [9.17, 15) is 0 Å². The summed E-state index contributed by atoms with van der Waals surface area (Å²) in [4.78, 5) is 4.08. The average molecular weight is 233 g/mol. The van der Waals surface area contributed by atoms with Crippen molar-refractivity contribution in [2.24, 2.45) is 7.05 Å². The van der Waals surface area contributed by atoms with Crippen molar-refractivity contribution in [3.8, 4) is 0 Å². The summed E-state index contributed by atoms with van der Waals surface area (Å²) in [6.07, 6.45) is 1.47. The fraction of sp³-hybridized carbons (Fsp3) is 0.571. The lowest BCUT2D eigenvalue weighted by atomic mass is 10.4. The Labute approximate surface area is 78.6 Å². The van der Waals surface area contributed by atoms with Gasteiger partial charge in [-0.15, -0.1) is 0 Å². The molecule has 0 radical (unpaired) electrons. The molecule has 4 nitrogen and oxygen atoms in total. The number of hydrogen-bond donors (Lipinski definition) is 0. The van der Waals surface area contributed by atoms with Crippen LogP contribution in [0.3, 0.4) is 0 Å². The average Bonchev–Trinajstić information content (AvgIpc) is 2.61. The Balaban J connectivity index is 2.30. The number of nitrogens with zero attached hydrogens (tertiary/aromatic N) is 2. The van der Waals surface area contributed by atoms with Crippen LogP contribution in [0.1, 0.15) is 12.0 Å². The molecule has 0 amide bonds. The van der Waals surface area contributed by atoms with Crippen molar-refractivity contribution in [1.29, 1.82) is 0 Å². The van der Waals surface area contributed by atoms with E-state index in [1.807, 2.05) is 11.6 Å². The molecular weight excluding hydrogens is 224 g/mol. The van der Waals surface area contributed by atoms with Crippen LogP contribution >= 0.6 is 15.9 Å². The molecule has 1 aromatic heterocycles. The van der Waals surface area contributed by atoms with Gasteiger partial charge in [-0.1, -0.05) is 0 Å². The van der Waals surface area contributed by atoms with Crippen LogP contribution in [0, 0.1) is 0 Å². The SMILES string of the molecule is Cn1cnc(Br)c1C1OCCO1. The van der Waals surface area contributed by atoms with Gasteiger partial charge < -0.3 is 14.0 Å². The van der Waals surface area contributed by atoms with Crippen molar-refractivity contribution >= 4 is 15.9 Å². The van der Waals surface area contributed by atoms with Crippen molar-refractivity contribution < 1.29 is 9.47 Å². The number of imidazole rings is 1. The first-order valence-electron chi connectivity index (χ1n) is 3.69. The molecular formula is C7H9BrN2O2. The van der Waals surface area contributed by atoms with Crippen LogP contribution in [0.15, 0.2) is 10.9 Å². The van der Waals surface area contributed by atoms with Gasteiger partial charge in [-0.25, -0.2) is 4.98 Å². The molecule has 5 heteroatoms. The van der Waals surface area contributed by atoms with Gasteiger partial charge in [-0.3, -0.25) is 0 Å². The molecule has 1 aliphatic heterocycles. The molecule has 1 aromatic rings. The third kappa shape index (κ3) is 1.28. The quantitative estimate of drug-likeness (QED) is 0.731. The van der Waals surface area contributed by atoms with E-state index >= 15 is 0 Å². The number of halogens is 1. The Morgan fingerprint density at radius 2 is 2.25 bits per heavy atom. The maximum absolute atomic E-state index is 5.35. The van der Waals surface area contributed by atoms with Gasteiger partial charge >= 0.3 is 0 Å². The number of hydrogen-bond acceptors (Lipinski definition) is 3. The molecule has 0 saturated carbocycles. The summed E-state index contributed by atoms with van der Waals surface area (Å²) in [6, 6.07) is 0. The monoisotopic (exact) mass is 232 g/mol. The van der Waals surface area contributed by atoms with E-state index in [1.165, 1.54) is 0 Å². The van der Waals surface area contributed by atoms with Crippen molar-refractivity contribution in [2.75, 3.05) is 13.2 Å². The van der Waals surface area contributed by atoms with Crippen LogP contribution in [-0.2, 0) is 16.5 Å². The molecule has 1 aliphatic rings. The third-order valence-electron chi connectivity index (χ3n) is 1.78. The Hall–Kier alpha value is -0.390. The maximum atomic E-state index is 5.35. The molecule has 12 heavy (non-hydrogen) atoms. The van der Waals surface area contributed by atoms with E-state index < -0.39 is 0 Å². The standard InChI is InChI=1S/C7H9BrN2O2/c1-10-4-9-6(8)5(10)7-11-2-3-12-7/h4,7H,2-3H2,1H3. The van der Waals surface area contributed by atoms with Crippen LogP contribution in [0.25, 0.3) is 0 Å². The minimum absolute atomic E-state index is 0.258. The Kier molecular flexibility index (Phi) is 2.16. The zero-order valence-electron chi connectivity index (χ0n) is 6.66. The minimum Gasteiger partial charge on any atom is -0.345 e. The summed E-state index contributed by atoms with van der Waals surface area (Å²) < 4.78 is 13.4. The molecule has 0 bridgehead atoms. The molecule has 0 unspecified atom stereocenters. The van der Waals surface area contributed by atoms with Gasteiger partial charge in [0.05, 0.1) is 19.5 Å². The van der Waals surface area contributed by atoms with E-state index in [2.05, 4.69) is 20.9 Å². The van der Waals surface area contributed by atoms with Gasteiger partial charge in [0.25, 0.3) is 0 Å². The van der Waals surface area contributed by atoms with Crippen LogP contribution in [0.4, 0.5) is 0 Å². The van der Waals surface area contributed by atoms with Gasteiger partial charge in [0.2, 0.25) is 6.29 Å². The normalized spacial score (nSPS) is 18.8. The van der Waals surface area contributed by atoms with Gasteiger partial charge in [0.15, 0.2) is 0 Å². The second-order valence-electron chi connectivity index (χ2n) is 2.61. The maximum Gasteiger partial charge on any atom is 0.202 e. The number of rotatable bonds is 1. The molecule has 1 saturated heterocycles. The molecule has 0 N–H and O–H groups in total. The smallest absolute Gasteiger partial charge is 0.202 e. The first kappa shape index (κ1) is 8.22. The molecule has 2 rings (SSSR count). The van der Waals surface area contributed by atoms with Crippen molar-refractivity contribution in [3.63, 3.8) is 0 Å². The summed E-state index contributed by atoms with van der Waals surface area (Å²) in [6.45, 7) is 1.31. The van der Waals surface area contributed by atoms with Crippen molar-refractivity contribution in [2.45, 2.75) is 6.29 Å². The summed E-state index contributed by atoms with van der Waals surface area (Å²) in [5.74, 6) is 0. The van der Waals surface area contributed by atoms with Gasteiger partial charge in [0.1, 0.15) is 10.3 Å². The molecule has 0 spiro atoms. The lowest BCUT2D eigenvalue weighted by molar-refractivity contribution is -0.0497. The Morgan fingerprint density at radius 3 is 2.75 bits per heavy atom. The third-order valence-corrected chi connectivity index (χ3v) is 2.39. The van der Waals surface area contributed by atoms with Gasteiger partial charge in [-0.2, -0.15) is 0 Å². The number of aryl methyl sites for hydroxylation is 1. The molecule has 0 atom stereocenters. The lowest BCUT2D eigenvalue weighted by Crippen LogP contribution is -2.04. The van der Waals surface area contributed by atoms with Crippen LogP contribution < -0.4 is 0 Å². The summed E-state index contributed by atoms with van der Waals surface area (Å²) in [7, 11) is 1.91. The van der Waals surface area contributed by atoms with Crippen LogP contribution in [0.5, 0.6) is 0 Å². The number of ether oxygens (including phenoxy) is 2. The van der Waals surface area contributed by atoms with E-state index in [4.69, 9.17) is 9.47 Å². The van der Waals surface area contributed by atoms with Crippen LogP contribution in [-0.4, -0.2) is 22.8 Å². The molecule has 0 aromatic carbocycles. The molecule has 66 valence electrons. The Morgan fingerprint density at radius 1 is 1.58 bits per heavy atom. The lowest BCUT2D eigenvalue weighted by Gasteiger charge is -2.09. The van der Waals surface area contributed by atoms with Gasteiger partial charge in [0, 0.05) is 7.05 Å². The van der Waals surface area contributed by atoms with E-state index in [-0.39, 0.29) is 6.29 Å². The second-order valence-corrected chi connectivity index (χ2v) is 3.36. The predicted molar refractivity (Wildman–Crippen MR) is 45.6 cm³/mol. The first-order chi connectivity index (χ1) is 5.79. The van der Waals surface area contributed by atoms with E-state index in [1.54, 1.807) is 6.33 Å². The highest BCUT2D eigenvalue weighted by Crippen LogP contribution is 2.28. The predicted octanol–water partition coefficient (Wildman–Crippen LogP) is 1.23. The highest BCUT2D eigenvalue weighted by Gasteiger charge is 2.23. The zero-order valence-corrected chi connectivity index (χ0v) is 8.24. The molecule has 1 fully saturated rings. The van der Waals surface area contributed by atoms with Crippen molar-refractivity contribution in [1.82, 2.24) is 9.55 Å². The summed E-state index contributed by atoms with van der Waals surface area (Å²) in [5.41, 5.74) is 0.938. The second kappa shape index (κ2) is 3.16. The topological polar surface area (TPSA) is 36.3 Å². The van der Waals surface area contributed by atoms with E-state index in [0.29, 0.717) is 13.2 Å². The van der Waals surface area contributed by atoms with Gasteiger partial charge in [-0.05, 0) is 15.9 Å². The summed E-state index contributed by atoms with van der Waals surface area (Å²) in [5, 5.41) is 0. The first-order valence-corrected chi connectivity index (χ1v) is 4.48. The highest BCUT2D eigenvalue weighted by atomic mass is 79.9. The van der Waals surface area contributed by atoms with E-state index in [0.717, 1.165) is 10.3 Å². The molecule has 0 aliphatic carbocycles. The fourth-order valence-corrected chi connectivity index (χ4v) is 1.75. The molecule has 2 heterocycles. The fourth-order valence-electron chi connectivity index (χ4n) is 1.19. The highest BCUT2D eigenvalue weighted by molar-refractivity contribution is 9.10. The zero-order chi connectivity index (χ0) is 8.55. The Bertz CT molecular complexity index is 261. The summed E-state index contributed by atoms with van der Waals surface area (Å²) >= 11 is 3.34. The minimum atomic E-state index is -0.258.